The monoisotopic (exact) mass is 367 g/mol. The van der Waals surface area contributed by atoms with Crippen LogP contribution in [0.3, 0.4) is 0 Å². The molecule has 1 aliphatic heterocycles. The van der Waals surface area contributed by atoms with Crippen molar-refractivity contribution in [2.45, 2.75) is 12.5 Å². The van der Waals surface area contributed by atoms with Crippen LogP contribution in [0.5, 0.6) is 11.8 Å². The Balaban J connectivity index is 1.48. The van der Waals surface area contributed by atoms with E-state index in [0.29, 0.717) is 42.2 Å². The highest BCUT2D eigenvalue weighted by Crippen LogP contribution is 2.20. The number of likely N-dealkylation sites (tertiary alicyclic amines) is 1. The van der Waals surface area contributed by atoms with Crippen molar-refractivity contribution < 1.29 is 18.7 Å². The van der Waals surface area contributed by atoms with Gasteiger partial charge in [-0.2, -0.15) is 4.98 Å². The first-order valence-corrected chi connectivity index (χ1v) is 8.49. The van der Waals surface area contributed by atoms with Crippen LogP contribution in [0.25, 0.3) is 11.0 Å². The lowest BCUT2D eigenvalue weighted by Gasteiger charge is -2.16. The van der Waals surface area contributed by atoms with Gasteiger partial charge >= 0.3 is 0 Å². The van der Waals surface area contributed by atoms with Crippen LogP contribution in [0.15, 0.2) is 51.9 Å². The summed E-state index contributed by atoms with van der Waals surface area (Å²) >= 11 is 0. The third-order valence-electron chi connectivity index (χ3n) is 4.36. The van der Waals surface area contributed by atoms with Crippen LogP contribution in [-0.4, -0.2) is 47.1 Å². The van der Waals surface area contributed by atoms with Gasteiger partial charge in [0, 0.05) is 19.0 Å². The predicted octanol–water partition coefficient (Wildman–Crippen LogP) is 1.89. The van der Waals surface area contributed by atoms with Gasteiger partial charge in [-0.15, -0.1) is 0 Å². The molecule has 1 unspecified atom stereocenters. The first-order chi connectivity index (χ1) is 13.1. The molecule has 1 aliphatic rings. The van der Waals surface area contributed by atoms with E-state index in [-0.39, 0.29) is 23.2 Å². The summed E-state index contributed by atoms with van der Waals surface area (Å²) in [7, 11) is 1.50. The molecule has 27 heavy (non-hydrogen) atoms. The van der Waals surface area contributed by atoms with E-state index < -0.39 is 0 Å². The molecule has 3 aromatic rings. The Morgan fingerprint density at radius 2 is 2.07 bits per heavy atom. The number of carbonyl (C=O) groups is 1. The average molecular weight is 367 g/mol. The molecule has 1 saturated heterocycles. The molecule has 0 bridgehead atoms. The molecule has 4 rings (SSSR count). The summed E-state index contributed by atoms with van der Waals surface area (Å²) in [4.78, 5) is 34.7. The fourth-order valence-electron chi connectivity index (χ4n) is 3.03. The first-order valence-electron chi connectivity index (χ1n) is 8.49. The second kappa shape index (κ2) is 7.06. The molecule has 0 saturated carbocycles. The molecule has 8 nitrogen and oxygen atoms in total. The van der Waals surface area contributed by atoms with E-state index in [1.54, 1.807) is 29.2 Å². The lowest BCUT2D eigenvalue weighted by molar-refractivity contribution is 0.0740. The van der Waals surface area contributed by atoms with Crippen LogP contribution in [0.2, 0.25) is 0 Å². The minimum atomic E-state index is -0.333. The summed E-state index contributed by atoms with van der Waals surface area (Å²) in [6.07, 6.45) is 3.40. The van der Waals surface area contributed by atoms with Crippen molar-refractivity contribution in [1.82, 2.24) is 14.9 Å². The van der Waals surface area contributed by atoms with E-state index >= 15 is 0 Å². The van der Waals surface area contributed by atoms with Gasteiger partial charge in [0.1, 0.15) is 11.7 Å². The predicted molar refractivity (Wildman–Crippen MR) is 96.0 cm³/mol. The first kappa shape index (κ1) is 17.0. The lowest BCUT2D eigenvalue weighted by atomic mass is 10.2. The summed E-state index contributed by atoms with van der Waals surface area (Å²) in [5, 5.41) is 0.452. The molecule has 1 atom stereocenters. The number of rotatable bonds is 4. The van der Waals surface area contributed by atoms with Crippen molar-refractivity contribution in [3.05, 3.63) is 58.7 Å². The minimum absolute atomic E-state index is 0.0283. The van der Waals surface area contributed by atoms with Gasteiger partial charge in [-0.1, -0.05) is 12.1 Å². The minimum Gasteiger partial charge on any atom is -0.480 e. The van der Waals surface area contributed by atoms with Crippen molar-refractivity contribution in [3.8, 4) is 11.8 Å². The standard InChI is InChI=1S/C19H17N3O5/c1-25-17-9-20-10-18(21-17)26-12-6-7-22(11-12)19(24)16-8-14(23)13-4-2-3-5-15(13)27-16/h2-5,8-10,12H,6-7,11H2,1H3. The number of benzene rings is 1. The Bertz CT molecular complexity index is 1050. The number of fused-ring (bicyclic) bond motifs is 1. The van der Waals surface area contributed by atoms with E-state index in [1.807, 2.05) is 0 Å². The van der Waals surface area contributed by atoms with E-state index in [1.165, 1.54) is 25.6 Å². The van der Waals surface area contributed by atoms with E-state index in [4.69, 9.17) is 13.9 Å². The fraction of sp³-hybridized carbons (Fsp3) is 0.263. The van der Waals surface area contributed by atoms with Gasteiger partial charge in [-0.05, 0) is 12.1 Å². The Morgan fingerprint density at radius 3 is 2.93 bits per heavy atom. The molecular formula is C19H17N3O5. The maximum Gasteiger partial charge on any atom is 0.289 e. The highest BCUT2D eigenvalue weighted by Gasteiger charge is 2.30. The van der Waals surface area contributed by atoms with Gasteiger partial charge in [0.05, 0.1) is 31.4 Å². The summed E-state index contributed by atoms with van der Waals surface area (Å²) in [5.41, 5.74) is 0.158. The summed E-state index contributed by atoms with van der Waals surface area (Å²) in [5.74, 6) is 0.392. The van der Waals surface area contributed by atoms with Gasteiger partial charge in [-0.25, -0.2) is 0 Å². The largest absolute Gasteiger partial charge is 0.480 e. The molecule has 1 amide bonds. The second-order valence-corrected chi connectivity index (χ2v) is 6.15. The third kappa shape index (κ3) is 3.46. The van der Waals surface area contributed by atoms with E-state index in [0.717, 1.165) is 0 Å². The number of ether oxygens (including phenoxy) is 2. The smallest absolute Gasteiger partial charge is 0.289 e. The number of para-hydroxylation sites is 1. The quantitative estimate of drug-likeness (QED) is 0.695. The van der Waals surface area contributed by atoms with Gasteiger partial charge in [0.2, 0.25) is 11.8 Å². The van der Waals surface area contributed by atoms with Gasteiger partial charge in [0.25, 0.3) is 5.91 Å². The number of hydrogen-bond donors (Lipinski definition) is 0. The van der Waals surface area contributed by atoms with Crippen LogP contribution >= 0.6 is 0 Å². The highest BCUT2D eigenvalue weighted by atomic mass is 16.5. The van der Waals surface area contributed by atoms with Crippen LogP contribution < -0.4 is 14.9 Å². The lowest BCUT2D eigenvalue weighted by Crippen LogP contribution is -2.31. The van der Waals surface area contributed by atoms with Gasteiger partial charge in [0.15, 0.2) is 11.2 Å². The average Bonchev–Trinajstić information content (AvgIpc) is 3.16. The number of methoxy groups -OCH3 is 1. The molecule has 1 aromatic carbocycles. The number of nitrogens with zero attached hydrogens (tertiary/aromatic N) is 3. The molecule has 1 fully saturated rings. The van der Waals surface area contributed by atoms with E-state index in [9.17, 15) is 9.59 Å². The Kier molecular flexibility index (Phi) is 4.45. The highest BCUT2D eigenvalue weighted by molar-refractivity contribution is 5.93. The molecule has 3 heterocycles. The van der Waals surface area contributed by atoms with Crippen LogP contribution in [0, 0.1) is 0 Å². The van der Waals surface area contributed by atoms with Crippen molar-refractivity contribution in [2.24, 2.45) is 0 Å². The number of hydrogen-bond acceptors (Lipinski definition) is 7. The molecule has 0 aliphatic carbocycles. The number of amides is 1. The van der Waals surface area contributed by atoms with Crippen molar-refractivity contribution in [2.75, 3.05) is 20.2 Å². The second-order valence-electron chi connectivity index (χ2n) is 6.15. The molecule has 0 spiro atoms. The van der Waals surface area contributed by atoms with E-state index in [2.05, 4.69) is 9.97 Å². The number of carbonyl (C=O) groups excluding carboxylic acids is 1. The molecule has 2 aromatic heterocycles. The Labute approximate surface area is 154 Å². The van der Waals surface area contributed by atoms with Crippen molar-refractivity contribution in [1.29, 1.82) is 0 Å². The molecular weight excluding hydrogens is 350 g/mol. The number of aromatic nitrogens is 2. The Morgan fingerprint density at radius 1 is 1.26 bits per heavy atom. The van der Waals surface area contributed by atoms with Crippen molar-refractivity contribution >= 4 is 16.9 Å². The van der Waals surface area contributed by atoms with Crippen LogP contribution in [-0.2, 0) is 0 Å². The normalized spacial score (nSPS) is 16.5. The zero-order valence-electron chi connectivity index (χ0n) is 14.6. The summed E-state index contributed by atoms with van der Waals surface area (Å²) in [6, 6.07) is 8.10. The summed E-state index contributed by atoms with van der Waals surface area (Å²) < 4.78 is 16.4. The zero-order chi connectivity index (χ0) is 18.8. The van der Waals surface area contributed by atoms with Crippen LogP contribution in [0.4, 0.5) is 0 Å². The maximum atomic E-state index is 12.7. The fourth-order valence-corrected chi connectivity index (χ4v) is 3.03. The van der Waals surface area contributed by atoms with Crippen molar-refractivity contribution in [3.63, 3.8) is 0 Å². The van der Waals surface area contributed by atoms with Gasteiger partial charge < -0.3 is 18.8 Å². The Hall–Kier alpha value is -3.42. The molecule has 0 N–H and O–H groups in total. The van der Waals surface area contributed by atoms with Crippen LogP contribution in [0.1, 0.15) is 17.0 Å². The topological polar surface area (TPSA) is 94.8 Å². The van der Waals surface area contributed by atoms with Gasteiger partial charge in [-0.3, -0.25) is 14.6 Å². The molecule has 0 radical (unpaired) electrons. The summed E-state index contributed by atoms with van der Waals surface area (Å²) in [6.45, 7) is 0.867. The molecule has 138 valence electrons. The zero-order valence-corrected chi connectivity index (χ0v) is 14.6. The molecule has 8 heteroatoms. The SMILES string of the molecule is COc1cncc(OC2CCN(C(=O)c3cc(=O)c4ccccc4o3)C2)n1. The third-order valence-corrected chi connectivity index (χ3v) is 4.36. The maximum absolute atomic E-state index is 12.7.